The fourth-order valence-electron chi connectivity index (χ4n) is 2.70. The first-order valence-electron chi connectivity index (χ1n) is 7.48. The van der Waals surface area contributed by atoms with Crippen LogP contribution in [0.25, 0.3) is 21.9 Å². The van der Waals surface area contributed by atoms with Gasteiger partial charge in [-0.05, 0) is 27.5 Å². The van der Waals surface area contributed by atoms with Crippen LogP contribution in [0.3, 0.4) is 0 Å². The number of hydrogen-bond acceptors (Lipinski definition) is 2. The lowest BCUT2D eigenvalue weighted by atomic mass is 9.97. The van der Waals surface area contributed by atoms with E-state index >= 15 is 0 Å². The molecule has 2 nitrogen and oxygen atoms in total. The van der Waals surface area contributed by atoms with Crippen molar-refractivity contribution in [1.82, 2.24) is 0 Å². The fourth-order valence-corrected chi connectivity index (χ4v) is 2.97. The van der Waals surface area contributed by atoms with E-state index in [4.69, 9.17) is 11.6 Å². The predicted molar refractivity (Wildman–Crippen MR) is 94.6 cm³/mol. The van der Waals surface area contributed by atoms with Crippen molar-refractivity contribution in [3.63, 3.8) is 0 Å². The second kappa shape index (κ2) is 6.84. The number of hydrogen-bond donors (Lipinski definition) is 0. The number of rotatable bonds is 4. The van der Waals surface area contributed by atoms with E-state index < -0.39 is 0 Å². The van der Waals surface area contributed by atoms with Gasteiger partial charge in [-0.2, -0.15) is 0 Å². The van der Waals surface area contributed by atoms with E-state index in [0.29, 0.717) is 0 Å². The number of carbonyl (C=O) groups excluding carboxylic acids is 1. The van der Waals surface area contributed by atoms with Crippen molar-refractivity contribution in [2.24, 2.45) is 0 Å². The zero-order valence-electron chi connectivity index (χ0n) is 12.8. The molecular weight excluding hydrogens is 308 g/mol. The second-order valence-corrected chi connectivity index (χ2v) is 5.92. The maximum absolute atomic E-state index is 11.3. The summed E-state index contributed by atoms with van der Waals surface area (Å²) in [4.78, 5) is 11.3. The molecule has 1 atom stereocenters. The molecule has 0 saturated carbocycles. The Morgan fingerprint density at radius 2 is 1.70 bits per heavy atom. The molecule has 0 aliphatic carbocycles. The fraction of sp³-hybridized carbons (Fsp3) is 0.150. The molecule has 0 bridgehead atoms. The third-order valence-corrected chi connectivity index (χ3v) is 4.35. The van der Waals surface area contributed by atoms with E-state index in [1.54, 1.807) is 0 Å². The van der Waals surface area contributed by atoms with Gasteiger partial charge in [0.25, 0.3) is 0 Å². The number of benzene rings is 3. The quantitative estimate of drug-likeness (QED) is 0.477. The number of halogens is 1. The number of methoxy groups -OCH3 is 1. The van der Waals surface area contributed by atoms with Gasteiger partial charge in [0.15, 0.2) is 0 Å². The first-order valence-corrected chi connectivity index (χ1v) is 7.91. The van der Waals surface area contributed by atoms with Gasteiger partial charge in [0.1, 0.15) is 0 Å². The maximum Gasteiger partial charge on any atom is 0.307 e. The van der Waals surface area contributed by atoms with E-state index in [0.717, 1.165) is 11.1 Å². The van der Waals surface area contributed by atoms with Crippen molar-refractivity contribution < 1.29 is 9.53 Å². The van der Waals surface area contributed by atoms with E-state index in [1.165, 1.54) is 23.4 Å². The SMILES string of the molecule is COC(=O)C[C@@H](Cl)c1ccc(-c2cccc3ccccc23)cc1. The highest BCUT2D eigenvalue weighted by molar-refractivity contribution is 6.21. The molecular formula is C20H17ClO2. The van der Waals surface area contributed by atoms with Crippen LogP contribution in [0.1, 0.15) is 17.4 Å². The molecule has 0 aliphatic heterocycles. The summed E-state index contributed by atoms with van der Waals surface area (Å²) >= 11 is 6.27. The Morgan fingerprint density at radius 1 is 1.00 bits per heavy atom. The Hall–Kier alpha value is -2.32. The van der Waals surface area contributed by atoms with E-state index in [2.05, 4.69) is 35.1 Å². The third kappa shape index (κ3) is 3.38. The van der Waals surface area contributed by atoms with Crippen LogP contribution in [0.4, 0.5) is 0 Å². The smallest absolute Gasteiger partial charge is 0.307 e. The van der Waals surface area contributed by atoms with Crippen LogP contribution in [0, 0.1) is 0 Å². The standard InChI is InChI=1S/C20H17ClO2/c1-23-20(22)13-19(21)16-11-9-15(10-12-16)18-8-4-6-14-5-2-3-7-17(14)18/h2-12,19H,13H2,1H3/t19-/m1/s1. The van der Waals surface area contributed by atoms with Crippen molar-refractivity contribution in [1.29, 1.82) is 0 Å². The van der Waals surface area contributed by atoms with Crippen LogP contribution in [-0.2, 0) is 9.53 Å². The first-order chi connectivity index (χ1) is 11.2. The number of carbonyl (C=O) groups is 1. The second-order valence-electron chi connectivity index (χ2n) is 5.40. The van der Waals surface area contributed by atoms with Gasteiger partial charge in [-0.15, -0.1) is 11.6 Å². The summed E-state index contributed by atoms with van der Waals surface area (Å²) in [6.07, 6.45) is 0.172. The van der Waals surface area contributed by atoms with Gasteiger partial charge in [0.2, 0.25) is 0 Å². The van der Waals surface area contributed by atoms with Crippen LogP contribution in [0.2, 0.25) is 0 Å². The van der Waals surface area contributed by atoms with Crippen LogP contribution in [0.15, 0.2) is 66.7 Å². The number of ether oxygens (including phenoxy) is 1. The Bertz CT molecular complexity index is 819. The zero-order chi connectivity index (χ0) is 16.2. The lowest BCUT2D eigenvalue weighted by Gasteiger charge is -2.11. The summed E-state index contributed by atoms with van der Waals surface area (Å²) in [5.41, 5.74) is 3.24. The summed E-state index contributed by atoms with van der Waals surface area (Å²) < 4.78 is 4.66. The van der Waals surface area contributed by atoms with E-state index in [1.807, 2.05) is 36.4 Å². The maximum atomic E-state index is 11.3. The zero-order valence-corrected chi connectivity index (χ0v) is 13.6. The van der Waals surface area contributed by atoms with Crippen LogP contribution in [0.5, 0.6) is 0 Å². The third-order valence-electron chi connectivity index (χ3n) is 3.95. The lowest BCUT2D eigenvalue weighted by molar-refractivity contribution is -0.140. The average Bonchev–Trinajstić information content (AvgIpc) is 2.61. The molecule has 0 aliphatic rings. The largest absolute Gasteiger partial charge is 0.469 e. The van der Waals surface area contributed by atoms with E-state index in [-0.39, 0.29) is 17.8 Å². The Labute approximate surface area is 140 Å². The lowest BCUT2D eigenvalue weighted by Crippen LogP contribution is -2.04. The highest BCUT2D eigenvalue weighted by Gasteiger charge is 2.13. The normalized spacial score (nSPS) is 12.1. The highest BCUT2D eigenvalue weighted by Crippen LogP contribution is 2.31. The van der Waals surface area contributed by atoms with Gasteiger partial charge < -0.3 is 4.74 Å². The first kappa shape index (κ1) is 15.6. The predicted octanol–water partition coefficient (Wildman–Crippen LogP) is 5.35. The van der Waals surface area contributed by atoms with E-state index in [9.17, 15) is 4.79 Å². The van der Waals surface area contributed by atoms with Crippen molar-refractivity contribution in [2.75, 3.05) is 7.11 Å². The van der Waals surface area contributed by atoms with Gasteiger partial charge in [0, 0.05) is 0 Å². The summed E-state index contributed by atoms with van der Waals surface area (Å²) in [7, 11) is 1.37. The Balaban J connectivity index is 1.91. The van der Waals surface area contributed by atoms with Crippen molar-refractivity contribution in [3.8, 4) is 11.1 Å². The molecule has 0 spiro atoms. The summed E-state index contributed by atoms with van der Waals surface area (Å²) in [5, 5.41) is 2.07. The van der Waals surface area contributed by atoms with Gasteiger partial charge in [0.05, 0.1) is 18.9 Å². The molecule has 116 valence electrons. The molecule has 0 saturated heterocycles. The summed E-state index contributed by atoms with van der Waals surface area (Å²) in [5.74, 6) is -0.303. The molecule has 3 rings (SSSR count). The minimum absolute atomic E-state index is 0.172. The molecule has 0 heterocycles. The molecule has 0 radical (unpaired) electrons. The molecule has 23 heavy (non-hydrogen) atoms. The highest BCUT2D eigenvalue weighted by atomic mass is 35.5. The molecule has 3 aromatic rings. The molecule has 0 aromatic heterocycles. The van der Waals surface area contributed by atoms with Gasteiger partial charge in [-0.1, -0.05) is 66.7 Å². The average molecular weight is 325 g/mol. The molecule has 0 amide bonds. The van der Waals surface area contributed by atoms with Crippen molar-refractivity contribution in [2.45, 2.75) is 11.8 Å². The Kier molecular flexibility index (Phi) is 4.63. The molecule has 0 N–H and O–H groups in total. The molecule has 0 unspecified atom stereocenters. The van der Waals surface area contributed by atoms with Gasteiger partial charge in [-0.25, -0.2) is 0 Å². The van der Waals surface area contributed by atoms with Gasteiger partial charge in [-0.3, -0.25) is 4.79 Å². The summed E-state index contributed by atoms with van der Waals surface area (Å²) in [6, 6.07) is 22.6. The minimum atomic E-state index is -0.371. The minimum Gasteiger partial charge on any atom is -0.469 e. The molecule has 3 aromatic carbocycles. The molecule has 3 heteroatoms. The van der Waals surface area contributed by atoms with Crippen LogP contribution >= 0.6 is 11.6 Å². The number of alkyl halides is 1. The van der Waals surface area contributed by atoms with Crippen molar-refractivity contribution >= 4 is 28.3 Å². The van der Waals surface area contributed by atoms with Crippen LogP contribution < -0.4 is 0 Å². The molecule has 0 fully saturated rings. The monoisotopic (exact) mass is 324 g/mol. The summed E-state index contributed by atoms with van der Waals surface area (Å²) in [6.45, 7) is 0. The number of fused-ring (bicyclic) bond motifs is 1. The van der Waals surface area contributed by atoms with Crippen LogP contribution in [-0.4, -0.2) is 13.1 Å². The van der Waals surface area contributed by atoms with Crippen molar-refractivity contribution in [3.05, 3.63) is 72.3 Å². The number of esters is 1. The topological polar surface area (TPSA) is 26.3 Å². The van der Waals surface area contributed by atoms with Gasteiger partial charge >= 0.3 is 5.97 Å². The Morgan fingerprint density at radius 3 is 2.43 bits per heavy atom.